The molecular weight excluding hydrogens is 148 g/mol. The lowest BCUT2D eigenvalue weighted by molar-refractivity contribution is 0.101. The van der Waals surface area contributed by atoms with Crippen molar-refractivity contribution in [3.63, 3.8) is 0 Å². The molecule has 1 aliphatic rings. The summed E-state index contributed by atoms with van der Waals surface area (Å²) < 4.78 is 5.57. The predicted molar refractivity (Wildman–Crippen MR) is 52.3 cm³/mol. The zero-order valence-corrected chi connectivity index (χ0v) is 8.51. The van der Waals surface area contributed by atoms with Crippen molar-refractivity contribution in [3.8, 4) is 0 Å². The van der Waals surface area contributed by atoms with Gasteiger partial charge >= 0.3 is 0 Å². The molecule has 1 rings (SSSR count). The van der Waals surface area contributed by atoms with Gasteiger partial charge in [-0.1, -0.05) is 33.1 Å². The van der Waals surface area contributed by atoms with Crippen LogP contribution in [0.15, 0.2) is 0 Å². The highest BCUT2D eigenvalue weighted by Crippen LogP contribution is 2.19. The molecule has 0 aromatic heterocycles. The van der Waals surface area contributed by atoms with Gasteiger partial charge in [0.25, 0.3) is 0 Å². The van der Waals surface area contributed by atoms with Gasteiger partial charge in [0.1, 0.15) is 0 Å². The van der Waals surface area contributed by atoms with Crippen molar-refractivity contribution in [1.82, 2.24) is 0 Å². The molecule has 1 aliphatic heterocycles. The monoisotopic (exact) mass is 170 g/mol. The van der Waals surface area contributed by atoms with Gasteiger partial charge < -0.3 is 4.74 Å². The number of hydrogen-bond donors (Lipinski definition) is 0. The topological polar surface area (TPSA) is 9.23 Å². The van der Waals surface area contributed by atoms with Crippen LogP contribution in [-0.4, -0.2) is 12.7 Å². The molecule has 1 fully saturated rings. The van der Waals surface area contributed by atoms with Crippen LogP contribution in [0.2, 0.25) is 0 Å². The lowest BCUT2D eigenvalue weighted by atomic mass is 9.99. The van der Waals surface area contributed by atoms with E-state index in [0.29, 0.717) is 6.10 Å². The maximum atomic E-state index is 5.57. The second kappa shape index (κ2) is 5.58. The summed E-state index contributed by atoms with van der Waals surface area (Å²) in [6.07, 6.45) is 8.56. The minimum atomic E-state index is 0.606. The van der Waals surface area contributed by atoms with E-state index in [0.717, 1.165) is 12.5 Å². The summed E-state index contributed by atoms with van der Waals surface area (Å²) in [5, 5.41) is 0. The van der Waals surface area contributed by atoms with E-state index in [4.69, 9.17) is 4.74 Å². The summed E-state index contributed by atoms with van der Waals surface area (Å²) in [6, 6.07) is 0. The standard InChI is InChI=1S/C11H22O/c1-3-10(2)6-4-7-11-8-5-9-12-11/h10-11H,3-9H2,1-2H3. The largest absolute Gasteiger partial charge is 0.378 e. The van der Waals surface area contributed by atoms with Gasteiger partial charge in [-0.15, -0.1) is 0 Å². The second-order valence-corrected chi connectivity index (χ2v) is 4.08. The van der Waals surface area contributed by atoms with E-state index in [9.17, 15) is 0 Å². The molecule has 2 unspecified atom stereocenters. The fourth-order valence-corrected chi connectivity index (χ4v) is 1.77. The van der Waals surface area contributed by atoms with Crippen molar-refractivity contribution in [2.24, 2.45) is 5.92 Å². The molecule has 2 atom stereocenters. The molecule has 0 amide bonds. The predicted octanol–water partition coefficient (Wildman–Crippen LogP) is 3.38. The van der Waals surface area contributed by atoms with Gasteiger partial charge in [-0.2, -0.15) is 0 Å². The van der Waals surface area contributed by atoms with Crippen molar-refractivity contribution in [2.45, 2.75) is 58.5 Å². The maximum Gasteiger partial charge on any atom is 0.0576 e. The molecule has 1 heterocycles. The molecule has 0 aliphatic carbocycles. The Kier molecular flexibility index (Phi) is 4.67. The molecule has 12 heavy (non-hydrogen) atoms. The Bertz CT molecular complexity index is 106. The van der Waals surface area contributed by atoms with Gasteiger partial charge in [0.05, 0.1) is 6.10 Å². The van der Waals surface area contributed by atoms with Crippen LogP contribution in [-0.2, 0) is 4.74 Å². The Hall–Kier alpha value is -0.0400. The van der Waals surface area contributed by atoms with Crippen LogP contribution >= 0.6 is 0 Å². The molecule has 0 bridgehead atoms. The average Bonchev–Trinajstić information content (AvgIpc) is 2.57. The average molecular weight is 170 g/mol. The third kappa shape index (κ3) is 3.57. The Labute approximate surface area is 76.5 Å². The maximum absolute atomic E-state index is 5.57. The molecule has 0 N–H and O–H groups in total. The summed E-state index contributed by atoms with van der Waals surface area (Å²) in [4.78, 5) is 0. The minimum absolute atomic E-state index is 0.606. The van der Waals surface area contributed by atoms with Crippen LogP contribution in [0.25, 0.3) is 0 Å². The van der Waals surface area contributed by atoms with Gasteiger partial charge in [-0.25, -0.2) is 0 Å². The highest BCUT2D eigenvalue weighted by Gasteiger charge is 2.14. The lowest BCUT2D eigenvalue weighted by Crippen LogP contribution is -2.05. The fraction of sp³-hybridized carbons (Fsp3) is 1.00. The molecule has 0 saturated carbocycles. The summed E-state index contributed by atoms with van der Waals surface area (Å²) in [6.45, 7) is 5.63. The van der Waals surface area contributed by atoms with Crippen LogP contribution in [0.3, 0.4) is 0 Å². The molecule has 0 aromatic carbocycles. The van der Waals surface area contributed by atoms with Crippen LogP contribution in [0, 0.1) is 5.92 Å². The molecule has 0 radical (unpaired) electrons. The van der Waals surface area contributed by atoms with Gasteiger partial charge in [0.15, 0.2) is 0 Å². The number of hydrogen-bond acceptors (Lipinski definition) is 1. The Morgan fingerprint density at radius 3 is 2.92 bits per heavy atom. The van der Waals surface area contributed by atoms with Crippen LogP contribution in [0.4, 0.5) is 0 Å². The quantitative estimate of drug-likeness (QED) is 0.614. The zero-order valence-electron chi connectivity index (χ0n) is 8.51. The van der Waals surface area contributed by atoms with E-state index in [-0.39, 0.29) is 0 Å². The first kappa shape index (κ1) is 10.0. The SMILES string of the molecule is CCC(C)CCCC1CCCO1. The molecule has 0 aromatic rings. The van der Waals surface area contributed by atoms with Crippen molar-refractivity contribution in [3.05, 3.63) is 0 Å². The van der Waals surface area contributed by atoms with Crippen molar-refractivity contribution in [2.75, 3.05) is 6.61 Å². The Morgan fingerprint density at radius 2 is 2.33 bits per heavy atom. The zero-order chi connectivity index (χ0) is 8.81. The first-order chi connectivity index (χ1) is 5.83. The van der Waals surface area contributed by atoms with Crippen LogP contribution in [0.5, 0.6) is 0 Å². The van der Waals surface area contributed by atoms with Gasteiger partial charge in [-0.3, -0.25) is 0 Å². The molecule has 1 nitrogen and oxygen atoms in total. The molecule has 1 saturated heterocycles. The van der Waals surface area contributed by atoms with E-state index in [2.05, 4.69) is 13.8 Å². The number of ether oxygens (including phenoxy) is 1. The highest BCUT2D eigenvalue weighted by atomic mass is 16.5. The summed E-state index contributed by atoms with van der Waals surface area (Å²) in [5.74, 6) is 0.909. The normalized spacial score (nSPS) is 26.0. The molecule has 72 valence electrons. The van der Waals surface area contributed by atoms with Crippen molar-refractivity contribution in [1.29, 1.82) is 0 Å². The third-order valence-corrected chi connectivity index (χ3v) is 2.94. The van der Waals surface area contributed by atoms with Gasteiger partial charge in [0.2, 0.25) is 0 Å². The molecule has 0 spiro atoms. The molecule has 1 heteroatoms. The fourth-order valence-electron chi connectivity index (χ4n) is 1.77. The van der Waals surface area contributed by atoms with Crippen molar-refractivity contribution >= 4 is 0 Å². The highest BCUT2D eigenvalue weighted by molar-refractivity contribution is 4.65. The van der Waals surface area contributed by atoms with Gasteiger partial charge in [0, 0.05) is 6.61 Å². The smallest absolute Gasteiger partial charge is 0.0576 e. The van der Waals surface area contributed by atoms with Gasteiger partial charge in [-0.05, 0) is 25.2 Å². The lowest BCUT2D eigenvalue weighted by Gasteiger charge is -2.11. The summed E-state index contributed by atoms with van der Waals surface area (Å²) in [7, 11) is 0. The van der Waals surface area contributed by atoms with Crippen LogP contribution in [0.1, 0.15) is 52.4 Å². The van der Waals surface area contributed by atoms with E-state index in [1.807, 2.05) is 0 Å². The van der Waals surface area contributed by atoms with Crippen LogP contribution < -0.4 is 0 Å². The van der Waals surface area contributed by atoms with E-state index in [1.54, 1.807) is 0 Å². The second-order valence-electron chi connectivity index (χ2n) is 4.08. The van der Waals surface area contributed by atoms with E-state index in [1.165, 1.54) is 38.5 Å². The van der Waals surface area contributed by atoms with E-state index >= 15 is 0 Å². The summed E-state index contributed by atoms with van der Waals surface area (Å²) >= 11 is 0. The Morgan fingerprint density at radius 1 is 1.50 bits per heavy atom. The number of rotatable bonds is 5. The summed E-state index contributed by atoms with van der Waals surface area (Å²) in [5.41, 5.74) is 0. The van der Waals surface area contributed by atoms with E-state index < -0.39 is 0 Å². The Balaban J connectivity index is 1.94. The first-order valence-corrected chi connectivity index (χ1v) is 5.44. The first-order valence-electron chi connectivity index (χ1n) is 5.44. The molecular formula is C11H22O. The third-order valence-electron chi connectivity index (χ3n) is 2.94. The minimum Gasteiger partial charge on any atom is -0.378 e. The van der Waals surface area contributed by atoms with Crippen molar-refractivity contribution < 1.29 is 4.74 Å².